The Morgan fingerprint density at radius 2 is 0.986 bits per heavy atom. The first kappa shape index (κ1) is 61.0. The minimum atomic E-state index is -6.26. The van der Waals surface area contributed by atoms with Gasteiger partial charge in [-0.2, -0.15) is 12.6 Å². The lowest BCUT2D eigenvalue weighted by atomic mass is 10.00. The monoisotopic (exact) mass is 1050 g/mol. The fraction of sp³-hybridized carbons (Fsp3) is 0.541. The molecule has 1 unspecified atom stereocenters. The summed E-state index contributed by atoms with van der Waals surface area (Å²) in [6.07, 6.45) is -4.72. The standard InChI is InChI=1S/C37H54FN7O21P2S/c1-16(2)11-22(33(56)45-26(15-69)36(59)60)43-34(57)23(12-19-5-7-20(8-6-19)37(38,67(61,62)63)68(64,65)66)44-31(54)21(9-10-27(47)48)41-35(58)25(14-29(51)52)42-30(53)17(3)39-32(55)24(13-28(49)50)40-18(4)46/h5-8,16-17,21-26,69H,9-15H2,1-4H3,(H,39,55)(H,40,46)(H,41,58)(H,42,53)(H,43,57)(H,44,54)(H,45,56)(H,47,48)(H,49,50)(H,51,52)(H,59,60)(H2,61,62,63)(H2,64,65,66)/t17-,21-,22-,23?,24-,25-,26-/m0/s1. The minimum absolute atomic E-state index is 0.147. The van der Waals surface area contributed by atoms with Crippen molar-refractivity contribution in [1.82, 2.24) is 37.2 Å². The van der Waals surface area contributed by atoms with Crippen molar-refractivity contribution in [2.75, 3.05) is 5.75 Å². The van der Waals surface area contributed by atoms with Crippen LogP contribution in [0.2, 0.25) is 0 Å². The second-order valence-electron chi connectivity index (χ2n) is 15.6. The van der Waals surface area contributed by atoms with Crippen LogP contribution in [0.15, 0.2) is 24.3 Å². The number of carboxylic acid groups (broad SMARTS) is 4. The highest BCUT2D eigenvalue weighted by Crippen LogP contribution is 2.75. The van der Waals surface area contributed by atoms with Crippen molar-refractivity contribution in [3.8, 4) is 0 Å². The lowest BCUT2D eigenvalue weighted by Gasteiger charge is -2.28. The Morgan fingerprint density at radius 1 is 0.580 bits per heavy atom. The van der Waals surface area contributed by atoms with Crippen LogP contribution in [0.1, 0.15) is 70.9 Å². The maximum Gasteiger partial charge on any atom is 0.379 e. The van der Waals surface area contributed by atoms with Crippen LogP contribution in [0, 0.1) is 5.92 Å². The van der Waals surface area contributed by atoms with Crippen LogP contribution in [0.5, 0.6) is 0 Å². The Balaban J connectivity index is 3.74. The van der Waals surface area contributed by atoms with E-state index in [2.05, 4.69) is 44.5 Å². The predicted octanol–water partition coefficient (Wildman–Crippen LogP) is -3.03. The van der Waals surface area contributed by atoms with Crippen LogP contribution in [0.4, 0.5) is 4.39 Å². The molecule has 28 nitrogen and oxygen atoms in total. The minimum Gasteiger partial charge on any atom is -0.481 e. The molecule has 69 heavy (non-hydrogen) atoms. The highest BCUT2D eigenvalue weighted by atomic mass is 32.1. The normalized spacial score (nSPS) is 14.8. The first-order chi connectivity index (χ1) is 31.6. The molecule has 0 fully saturated rings. The van der Waals surface area contributed by atoms with Gasteiger partial charge in [-0.3, -0.25) is 57.1 Å². The molecule has 0 saturated heterocycles. The van der Waals surface area contributed by atoms with Gasteiger partial charge in [-0.25, -0.2) is 9.18 Å². The summed E-state index contributed by atoms with van der Waals surface area (Å²) in [6.45, 7) is 5.22. The van der Waals surface area contributed by atoms with Gasteiger partial charge in [-0.15, -0.1) is 0 Å². The summed E-state index contributed by atoms with van der Waals surface area (Å²) >= 11 is 3.88. The van der Waals surface area contributed by atoms with Crippen LogP contribution < -0.4 is 37.2 Å². The number of amides is 7. The Kier molecular flexibility index (Phi) is 23.6. The van der Waals surface area contributed by atoms with Gasteiger partial charge in [0, 0.05) is 31.1 Å². The van der Waals surface area contributed by atoms with Crippen LogP contribution in [0.25, 0.3) is 0 Å². The van der Waals surface area contributed by atoms with Crippen molar-refractivity contribution in [1.29, 1.82) is 0 Å². The van der Waals surface area contributed by atoms with E-state index in [-0.39, 0.29) is 17.9 Å². The van der Waals surface area contributed by atoms with E-state index < -0.39 is 171 Å². The molecule has 1 aromatic carbocycles. The van der Waals surface area contributed by atoms with Crippen LogP contribution in [-0.2, 0) is 73.4 Å². The third-order valence-electron chi connectivity index (χ3n) is 9.42. The molecule has 7 atom stereocenters. The number of nitrogens with one attached hydrogen (secondary N) is 7. The van der Waals surface area contributed by atoms with E-state index in [0.29, 0.717) is 12.1 Å². The second-order valence-corrected chi connectivity index (χ2v) is 19.8. The summed E-state index contributed by atoms with van der Waals surface area (Å²) < 4.78 is 39.4. The molecule has 32 heteroatoms. The fourth-order valence-electron chi connectivity index (χ4n) is 6.01. The number of halogens is 1. The van der Waals surface area contributed by atoms with Crippen molar-refractivity contribution in [3.63, 3.8) is 0 Å². The molecule has 0 heterocycles. The van der Waals surface area contributed by atoms with Gasteiger partial charge in [0.15, 0.2) is 0 Å². The number of aliphatic carboxylic acids is 4. The number of benzene rings is 1. The fourth-order valence-corrected chi connectivity index (χ4v) is 8.58. The quantitative estimate of drug-likeness (QED) is 0.0280. The van der Waals surface area contributed by atoms with E-state index in [1.807, 2.05) is 5.32 Å². The Hall–Kier alpha value is -6.03. The summed E-state index contributed by atoms with van der Waals surface area (Å²) in [5, 5.41) is 47.9. The number of carbonyl (C=O) groups is 11. The highest BCUT2D eigenvalue weighted by molar-refractivity contribution is 7.80. The lowest BCUT2D eigenvalue weighted by molar-refractivity contribution is -0.142. The summed E-state index contributed by atoms with van der Waals surface area (Å²) in [7, 11) is -12.5. The molecule has 0 bridgehead atoms. The SMILES string of the molecule is CC(=O)N[C@@H](CC(=O)O)C(=O)N[C@@H](C)C(=O)N[C@@H](CC(=O)O)C(=O)N[C@@H](CCC(=O)O)C(=O)NC(Cc1ccc(C(F)(P(=O)(O)O)P(=O)(O)O)cc1)C(=O)N[C@@H](CC(C)C)C(=O)N[C@@H](CS)C(=O)O. The van der Waals surface area contributed by atoms with Gasteiger partial charge >= 0.3 is 44.2 Å². The van der Waals surface area contributed by atoms with Crippen molar-refractivity contribution in [2.24, 2.45) is 5.92 Å². The van der Waals surface area contributed by atoms with Crippen molar-refractivity contribution in [2.45, 2.75) is 114 Å². The number of carbonyl (C=O) groups excluding carboxylic acids is 7. The topological polar surface area (TPSA) is 468 Å². The zero-order valence-corrected chi connectivity index (χ0v) is 39.7. The number of hydrogen-bond acceptors (Lipinski definition) is 14. The number of hydrogen-bond donors (Lipinski definition) is 16. The molecule has 0 radical (unpaired) electrons. The zero-order chi connectivity index (χ0) is 53.4. The van der Waals surface area contributed by atoms with Crippen LogP contribution in [0.3, 0.4) is 0 Å². The Labute approximate surface area is 396 Å². The smallest absolute Gasteiger partial charge is 0.379 e. The molecule has 0 saturated carbocycles. The maximum atomic E-state index is 15.5. The molecule has 1 aromatic rings. The van der Waals surface area contributed by atoms with Crippen LogP contribution >= 0.6 is 27.8 Å². The third kappa shape index (κ3) is 19.5. The van der Waals surface area contributed by atoms with Gasteiger partial charge in [-0.1, -0.05) is 38.1 Å². The molecule has 386 valence electrons. The lowest BCUT2D eigenvalue weighted by Crippen LogP contribution is -2.60. The van der Waals surface area contributed by atoms with E-state index in [1.54, 1.807) is 13.8 Å². The van der Waals surface area contributed by atoms with E-state index in [1.165, 1.54) is 0 Å². The third-order valence-corrected chi connectivity index (χ3v) is 13.4. The molecule has 0 aromatic heterocycles. The molecule has 0 spiro atoms. The van der Waals surface area contributed by atoms with E-state index in [0.717, 1.165) is 26.0 Å². The first-order valence-electron chi connectivity index (χ1n) is 20.1. The average Bonchev–Trinajstić information content (AvgIpc) is 3.21. The summed E-state index contributed by atoms with van der Waals surface area (Å²) in [5.74, 6) is -15.4. The molecular formula is C37H54FN7O21P2S. The van der Waals surface area contributed by atoms with Gasteiger partial charge in [0.2, 0.25) is 41.4 Å². The average molecular weight is 1050 g/mol. The molecule has 0 aliphatic heterocycles. The molecular weight excluding hydrogens is 991 g/mol. The van der Waals surface area contributed by atoms with Gasteiger partial charge in [-0.05, 0) is 31.2 Å². The Bertz CT molecular complexity index is 2170. The van der Waals surface area contributed by atoms with Crippen molar-refractivity contribution >= 4 is 93.0 Å². The summed E-state index contributed by atoms with van der Waals surface area (Å²) in [6, 6.07) is -9.69. The molecule has 0 aliphatic rings. The molecule has 7 amide bonds. The zero-order valence-electron chi connectivity index (χ0n) is 37.0. The van der Waals surface area contributed by atoms with Crippen LogP contribution in [-0.4, -0.2) is 153 Å². The van der Waals surface area contributed by atoms with E-state index in [4.69, 9.17) is 5.11 Å². The van der Waals surface area contributed by atoms with Gasteiger partial charge < -0.3 is 77.2 Å². The Morgan fingerprint density at radius 3 is 1.42 bits per heavy atom. The predicted molar refractivity (Wildman–Crippen MR) is 234 cm³/mol. The molecule has 0 aliphatic carbocycles. The largest absolute Gasteiger partial charge is 0.481 e. The van der Waals surface area contributed by atoms with Gasteiger partial charge in [0.05, 0.1) is 12.8 Å². The molecule has 15 N–H and O–H groups in total. The van der Waals surface area contributed by atoms with Crippen molar-refractivity contribution < 1.29 is 106 Å². The second kappa shape index (κ2) is 26.7. The van der Waals surface area contributed by atoms with Gasteiger partial charge in [0.25, 0.3) is 0 Å². The molecule has 1 rings (SSSR count). The number of rotatable bonds is 29. The van der Waals surface area contributed by atoms with E-state index >= 15 is 4.39 Å². The van der Waals surface area contributed by atoms with Crippen molar-refractivity contribution in [3.05, 3.63) is 35.4 Å². The van der Waals surface area contributed by atoms with Gasteiger partial charge in [0.1, 0.15) is 42.3 Å². The number of alkyl halides is 1. The number of thiol groups is 1. The van der Waals surface area contributed by atoms with E-state index in [9.17, 15) is 96.8 Å². The summed E-state index contributed by atoms with van der Waals surface area (Å²) in [5.41, 5.74) is -1.36. The first-order valence-corrected chi connectivity index (χ1v) is 24.0. The maximum absolute atomic E-state index is 15.5. The summed E-state index contributed by atoms with van der Waals surface area (Å²) in [4.78, 5) is 177. The highest BCUT2D eigenvalue weighted by Gasteiger charge is 2.63. The number of carboxylic acids is 4.